The monoisotopic (exact) mass is 202 g/mol. The van der Waals surface area contributed by atoms with Crippen LogP contribution in [0.15, 0.2) is 24.3 Å². The first-order chi connectivity index (χ1) is 6.03. The van der Waals surface area contributed by atoms with Crippen molar-refractivity contribution in [3.05, 3.63) is 24.3 Å². The van der Waals surface area contributed by atoms with Crippen molar-refractivity contribution in [2.75, 3.05) is 17.6 Å². The lowest BCUT2D eigenvalue weighted by Gasteiger charge is -2.04. The summed E-state index contributed by atoms with van der Waals surface area (Å²) in [5.74, 6) is 0. The van der Waals surface area contributed by atoms with Crippen LogP contribution in [0, 0.1) is 0 Å². The summed E-state index contributed by atoms with van der Waals surface area (Å²) in [6.45, 7) is 0. The Morgan fingerprint density at radius 2 is 1.85 bits per heavy atom. The lowest BCUT2D eigenvalue weighted by Crippen LogP contribution is -2.13. The predicted molar refractivity (Wildman–Crippen MR) is 50.4 cm³/mol. The lowest BCUT2D eigenvalue weighted by molar-refractivity contribution is 0.402. The van der Waals surface area contributed by atoms with Gasteiger partial charge in [0.05, 0.1) is 12.8 Å². The molecule has 0 aliphatic carbocycles. The Kier molecular flexibility index (Phi) is 2.74. The number of benzene rings is 1. The van der Waals surface area contributed by atoms with E-state index >= 15 is 0 Å². The maximum absolute atomic E-state index is 10.9. The van der Waals surface area contributed by atoms with Crippen LogP contribution in [0.2, 0.25) is 0 Å². The Morgan fingerprint density at radius 3 is 2.31 bits per heavy atom. The van der Waals surface area contributed by atoms with Gasteiger partial charge in [-0.25, -0.2) is 0 Å². The minimum absolute atomic E-state index is 0.413. The van der Waals surface area contributed by atoms with Crippen molar-refractivity contribution in [1.82, 2.24) is 0 Å². The van der Waals surface area contributed by atoms with Gasteiger partial charge in [-0.05, 0) is 24.3 Å². The second-order valence-electron chi connectivity index (χ2n) is 2.34. The summed E-state index contributed by atoms with van der Waals surface area (Å²) >= 11 is 0. The molecule has 0 spiro atoms. The highest BCUT2D eigenvalue weighted by atomic mass is 32.2. The van der Waals surface area contributed by atoms with Gasteiger partial charge in [0.1, 0.15) is 0 Å². The maximum Gasteiger partial charge on any atom is 0.359 e. The summed E-state index contributed by atoms with van der Waals surface area (Å²) in [4.78, 5) is 0. The van der Waals surface area contributed by atoms with Crippen LogP contribution in [0.1, 0.15) is 0 Å². The smallest absolute Gasteiger partial charge is 0.359 e. The van der Waals surface area contributed by atoms with Crippen LogP contribution >= 0.6 is 0 Å². The summed E-state index contributed by atoms with van der Waals surface area (Å²) in [6, 6.07) is 6.28. The van der Waals surface area contributed by atoms with E-state index in [9.17, 15) is 8.42 Å². The van der Waals surface area contributed by atoms with Gasteiger partial charge >= 0.3 is 10.3 Å². The highest BCUT2D eigenvalue weighted by molar-refractivity contribution is 7.88. The molecule has 1 rings (SSSR count). The van der Waals surface area contributed by atoms with Crippen LogP contribution in [0.4, 0.5) is 11.4 Å². The molecule has 0 bridgehead atoms. The molecule has 6 heteroatoms. The maximum atomic E-state index is 10.9. The van der Waals surface area contributed by atoms with E-state index in [2.05, 4.69) is 8.91 Å². The fourth-order valence-corrected chi connectivity index (χ4v) is 1.25. The summed E-state index contributed by atoms with van der Waals surface area (Å²) in [5, 5.41) is 0. The Balaban J connectivity index is 2.82. The molecule has 0 heterocycles. The summed E-state index contributed by atoms with van der Waals surface area (Å²) in [7, 11) is -2.59. The van der Waals surface area contributed by atoms with E-state index in [-0.39, 0.29) is 0 Å². The zero-order valence-electron chi connectivity index (χ0n) is 7.02. The van der Waals surface area contributed by atoms with E-state index in [1.165, 1.54) is 0 Å². The second-order valence-corrected chi connectivity index (χ2v) is 3.79. The van der Waals surface area contributed by atoms with Crippen LogP contribution in [0.5, 0.6) is 0 Å². The van der Waals surface area contributed by atoms with E-state index in [4.69, 9.17) is 5.73 Å². The molecule has 0 unspecified atom stereocenters. The molecule has 0 saturated heterocycles. The second kappa shape index (κ2) is 3.63. The van der Waals surface area contributed by atoms with Gasteiger partial charge in [0.25, 0.3) is 0 Å². The van der Waals surface area contributed by atoms with Gasteiger partial charge in [0.15, 0.2) is 0 Å². The van der Waals surface area contributed by atoms with Crippen molar-refractivity contribution < 1.29 is 12.6 Å². The zero-order valence-corrected chi connectivity index (χ0v) is 7.84. The molecule has 13 heavy (non-hydrogen) atoms. The lowest BCUT2D eigenvalue weighted by atomic mass is 10.3. The Morgan fingerprint density at radius 1 is 1.31 bits per heavy atom. The van der Waals surface area contributed by atoms with Gasteiger partial charge in [-0.2, -0.15) is 8.42 Å². The van der Waals surface area contributed by atoms with Crippen LogP contribution in [-0.4, -0.2) is 15.5 Å². The first-order valence-electron chi connectivity index (χ1n) is 3.47. The molecule has 0 radical (unpaired) electrons. The van der Waals surface area contributed by atoms with Crippen molar-refractivity contribution in [3.8, 4) is 0 Å². The van der Waals surface area contributed by atoms with E-state index < -0.39 is 10.3 Å². The summed E-state index contributed by atoms with van der Waals surface area (Å²) in [6.07, 6.45) is 0. The molecule has 0 saturated carbocycles. The predicted octanol–water partition coefficient (Wildman–Crippen LogP) is 0.572. The first kappa shape index (κ1) is 9.82. The van der Waals surface area contributed by atoms with Crippen molar-refractivity contribution in [1.29, 1.82) is 0 Å². The Bertz CT molecular complexity index is 371. The average Bonchev–Trinajstić information content (AvgIpc) is 2.09. The molecule has 0 fully saturated rings. The molecule has 3 N–H and O–H groups in total. The molecular weight excluding hydrogens is 192 g/mol. The van der Waals surface area contributed by atoms with Gasteiger partial charge in [0.2, 0.25) is 0 Å². The van der Waals surface area contributed by atoms with Crippen LogP contribution < -0.4 is 10.5 Å². The fourth-order valence-electron chi connectivity index (χ4n) is 0.737. The molecular formula is C7H10N2O3S. The first-order valence-corrected chi connectivity index (χ1v) is 4.88. The number of hydrogen-bond donors (Lipinski definition) is 2. The van der Waals surface area contributed by atoms with E-state index in [1.807, 2.05) is 0 Å². The summed E-state index contributed by atoms with van der Waals surface area (Å²) < 4.78 is 28.2. The van der Waals surface area contributed by atoms with E-state index in [0.717, 1.165) is 7.11 Å². The molecule has 72 valence electrons. The van der Waals surface area contributed by atoms with Crippen LogP contribution in [-0.2, 0) is 14.5 Å². The van der Waals surface area contributed by atoms with E-state index in [0.29, 0.717) is 11.4 Å². The van der Waals surface area contributed by atoms with Crippen LogP contribution in [0.25, 0.3) is 0 Å². The molecule has 0 aromatic heterocycles. The Labute approximate surface area is 76.8 Å². The third-order valence-electron chi connectivity index (χ3n) is 1.37. The van der Waals surface area contributed by atoms with Crippen molar-refractivity contribution in [3.63, 3.8) is 0 Å². The van der Waals surface area contributed by atoms with Gasteiger partial charge < -0.3 is 5.73 Å². The zero-order chi connectivity index (χ0) is 9.90. The molecule has 1 aromatic rings. The third kappa shape index (κ3) is 2.92. The molecule has 0 aliphatic heterocycles. The van der Waals surface area contributed by atoms with Crippen LogP contribution in [0.3, 0.4) is 0 Å². The molecule has 0 amide bonds. The summed E-state index contributed by atoms with van der Waals surface area (Å²) in [5.41, 5.74) is 6.40. The molecule has 0 atom stereocenters. The number of rotatable bonds is 3. The number of nitrogens with two attached hydrogens (primary N) is 1. The number of nitrogens with one attached hydrogen (secondary N) is 1. The standard InChI is InChI=1S/C7H10N2O3S/c1-12-13(10,11)9-7-4-2-6(8)3-5-7/h2-5,9H,8H2,1H3. The third-order valence-corrected chi connectivity index (χ3v) is 2.30. The quantitative estimate of drug-likeness (QED) is 0.702. The highest BCUT2D eigenvalue weighted by Gasteiger charge is 2.06. The number of hydrogen-bond acceptors (Lipinski definition) is 4. The van der Waals surface area contributed by atoms with Gasteiger partial charge in [0, 0.05) is 5.69 Å². The van der Waals surface area contributed by atoms with Gasteiger partial charge in [-0.15, -0.1) is 0 Å². The molecule has 1 aromatic carbocycles. The molecule has 5 nitrogen and oxygen atoms in total. The van der Waals surface area contributed by atoms with Crippen molar-refractivity contribution >= 4 is 21.7 Å². The van der Waals surface area contributed by atoms with E-state index in [1.54, 1.807) is 24.3 Å². The number of nitrogen functional groups attached to an aromatic ring is 1. The fraction of sp³-hybridized carbons (Fsp3) is 0.143. The van der Waals surface area contributed by atoms with Gasteiger partial charge in [-0.1, -0.05) is 0 Å². The highest BCUT2D eigenvalue weighted by Crippen LogP contribution is 2.11. The largest absolute Gasteiger partial charge is 0.399 e. The SMILES string of the molecule is COS(=O)(=O)Nc1ccc(N)cc1. The van der Waals surface area contributed by atoms with Gasteiger partial charge in [-0.3, -0.25) is 8.91 Å². The normalized spacial score (nSPS) is 11.2. The number of anilines is 2. The average molecular weight is 202 g/mol. The van der Waals surface area contributed by atoms with Crippen molar-refractivity contribution in [2.45, 2.75) is 0 Å². The Hall–Kier alpha value is -1.27. The topological polar surface area (TPSA) is 81.4 Å². The minimum Gasteiger partial charge on any atom is -0.399 e. The molecule has 0 aliphatic rings. The van der Waals surface area contributed by atoms with Crippen molar-refractivity contribution in [2.24, 2.45) is 0 Å². The minimum atomic E-state index is -3.68.